The van der Waals surface area contributed by atoms with Crippen molar-refractivity contribution in [3.63, 3.8) is 0 Å². The molecule has 0 fully saturated rings. The van der Waals surface area contributed by atoms with Gasteiger partial charge in [0.15, 0.2) is 0 Å². The Labute approximate surface area is 268 Å². The number of benzene rings is 4. The van der Waals surface area contributed by atoms with Crippen LogP contribution in [0.25, 0.3) is 44.2 Å². The second kappa shape index (κ2) is 12.3. The molecule has 1 amide bonds. The van der Waals surface area contributed by atoms with Gasteiger partial charge in [-0.15, -0.1) is 0 Å². The SMILES string of the molecule is CN(c1ccc2[nH]c3ncc(-c4ccc(C(=O)NCCC#N)cc4)c(-c4ccccc4)c3c2c1)S(=O)(=O)c1cccc(C(F)(F)F)c1. The van der Waals surface area contributed by atoms with E-state index in [1.54, 1.807) is 36.5 Å². The molecule has 2 heterocycles. The molecule has 0 atom stereocenters. The molecule has 0 saturated carbocycles. The van der Waals surface area contributed by atoms with Gasteiger partial charge < -0.3 is 10.3 Å². The minimum atomic E-state index is -4.70. The van der Waals surface area contributed by atoms with Gasteiger partial charge in [0.2, 0.25) is 0 Å². The minimum absolute atomic E-state index is 0.204. The van der Waals surface area contributed by atoms with E-state index in [0.717, 1.165) is 44.8 Å². The van der Waals surface area contributed by atoms with E-state index in [4.69, 9.17) is 5.26 Å². The molecular formula is C35H26F3N5O3S. The standard InChI is InChI=1S/C35H26F3N5O3S/c1-43(47(45,46)27-10-5-9-25(19-27)35(36,37)38)26-15-16-30-28(20-26)32-31(23-7-3-2-4-8-23)29(21-41-33(32)42-30)22-11-13-24(14-12-22)34(44)40-18-6-17-39/h2-5,7-16,19-21H,6,18H2,1H3,(H,40,44)(H,41,42). The maximum atomic E-state index is 13.5. The molecule has 47 heavy (non-hydrogen) atoms. The normalized spacial score (nSPS) is 11.8. The first kappa shape index (κ1) is 31.3. The van der Waals surface area contributed by atoms with Crippen molar-refractivity contribution >= 4 is 43.6 Å². The van der Waals surface area contributed by atoms with E-state index in [2.05, 4.69) is 15.3 Å². The van der Waals surface area contributed by atoms with Gasteiger partial charge in [-0.3, -0.25) is 9.10 Å². The molecular weight excluding hydrogens is 627 g/mol. The summed E-state index contributed by atoms with van der Waals surface area (Å²) in [6.45, 7) is 0.245. The number of hydrogen-bond donors (Lipinski definition) is 2. The number of nitrogens with one attached hydrogen (secondary N) is 2. The monoisotopic (exact) mass is 653 g/mol. The highest BCUT2D eigenvalue weighted by Gasteiger charge is 2.32. The van der Waals surface area contributed by atoms with E-state index in [0.29, 0.717) is 33.6 Å². The summed E-state index contributed by atoms with van der Waals surface area (Å²) in [6, 6.07) is 27.2. The molecule has 0 unspecified atom stereocenters. The summed E-state index contributed by atoms with van der Waals surface area (Å²) in [4.78, 5) is 20.0. The third-order valence-electron chi connectivity index (χ3n) is 7.83. The first-order valence-corrected chi connectivity index (χ1v) is 15.8. The summed E-state index contributed by atoms with van der Waals surface area (Å²) in [5.41, 5.74) is 4.07. The summed E-state index contributed by atoms with van der Waals surface area (Å²) in [5, 5.41) is 12.8. The molecule has 0 spiro atoms. The molecule has 0 aliphatic carbocycles. The number of halogens is 3. The van der Waals surface area contributed by atoms with Crippen molar-refractivity contribution in [3.8, 4) is 28.3 Å². The van der Waals surface area contributed by atoms with Crippen LogP contribution in [0.4, 0.5) is 18.9 Å². The summed E-state index contributed by atoms with van der Waals surface area (Å²) < 4.78 is 68.1. The molecule has 2 aromatic heterocycles. The lowest BCUT2D eigenvalue weighted by Crippen LogP contribution is -2.26. The number of fused-ring (bicyclic) bond motifs is 3. The lowest BCUT2D eigenvalue weighted by atomic mass is 9.92. The zero-order valence-corrected chi connectivity index (χ0v) is 25.7. The van der Waals surface area contributed by atoms with Crippen LogP contribution >= 0.6 is 0 Å². The number of pyridine rings is 1. The summed E-state index contributed by atoms with van der Waals surface area (Å²) in [7, 11) is -3.06. The molecule has 0 aliphatic heterocycles. The fourth-order valence-corrected chi connectivity index (χ4v) is 6.66. The van der Waals surface area contributed by atoms with Gasteiger partial charge in [0.05, 0.1) is 28.6 Å². The maximum absolute atomic E-state index is 13.5. The van der Waals surface area contributed by atoms with Crippen LogP contribution in [0.2, 0.25) is 0 Å². The number of alkyl halides is 3. The Morgan fingerprint density at radius 1 is 0.957 bits per heavy atom. The Balaban J connectivity index is 1.48. The van der Waals surface area contributed by atoms with Gasteiger partial charge in [-0.05, 0) is 59.7 Å². The van der Waals surface area contributed by atoms with Crippen molar-refractivity contribution in [2.24, 2.45) is 0 Å². The highest BCUT2D eigenvalue weighted by atomic mass is 32.2. The van der Waals surface area contributed by atoms with E-state index in [1.165, 1.54) is 7.05 Å². The first-order valence-electron chi connectivity index (χ1n) is 14.4. The Hall–Kier alpha value is -5.67. The summed E-state index contributed by atoms with van der Waals surface area (Å²) in [6.07, 6.45) is -2.77. The van der Waals surface area contributed by atoms with Gasteiger partial charge >= 0.3 is 6.18 Å². The number of hydrogen-bond acceptors (Lipinski definition) is 5. The average Bonchev–Trinajstić information content (AvgIpc) is 3.45. The van der Waals surface area contributed by atoms with Crippen LogP contribution < -0.4 is 9.62 Å². The van der Waals surface area contributed by atoms with Crippen molar-refractivity contribution in [3.05, 3.63) is 114 Å². The number of sulfonamides is 1. The fraction of sp³-hybridized carbons (Fsp3) is 0.114. The highest BCUT2D eigenvalue weighted by Crippen LogP contribution is 2.42. The number of amides is 1. The van der Waals surface area contributed by atoms with E-state index in [-0.39, 0.29) is 24.6 Å². The number of nitriles is 1. The predicted octanol–water partition coefficient (Wildman–Crippen LogP) is 7.54. The Morgan fingerprint density at radius 2 is 1.70 bits per heavy atom. The van der Waals surface area contributed by atoms with Crippen LogP contribution in [0, 0.1) is 11.3 Å². The van der Waals surface area contributed by atoms with Gasteiger partial charge in [0.25, 0.3) is 15.9 Å². The lowest BCUT2D eigenvalue weighted by molar-refractivity contribution is -0.137. The van der Waals surface area contributed by atoms with Crippen LogP contribution in [-0.2, 0) is 16.2 Å². The van der Waals surface area contributed by atoms with Gasteiger partial charge in [0.1, 0.15) is 5.65 Å². The Morgan fingerprint density at radius 3 is 2.40 bits per heavy atom. The van der Waals surface area contributed by atoms with E-state index < -0.39 is 26.7 Å². The van der Waals surface area contributed by atoms with Crippen molar-refractivity contribution < 1.29 is 26.4 Å². The molecule has 0 radical (unpaired) electrons. The molecule has 6 aromatic rings. The number of rotatable bonds is 8. The number of carbonyl (C=O) groups is 1. The molecule has 236 valence electrons. The highest BCUT2D eigenvalue weighted by molar-refractivity contribution is 7.92. The second-order valence-electron chi connectivity index (χ2n) is 10.7. The average molecular weight is 654 g/mol. The number of carbonyl (C=O) groups excluding carboxylic acids is 1. The molecule has 2 N–H and O–H groups in total. The van der Waals surface area contributed by atoms with Crippen molar-refractivity contribution in [1.29, 1.82) is 5.26 Å². The Kier molecular flexibility index (Phi) is 8.17. The zero-order valence-electron chi connectivity index (χ0n) is 24.8. The van der Waals surface area contributed by atoms with Gasteiger partial charge in [0, 0.05) is 52.8 Å². The number of anilines is 1. The smallest absolute Gasteiger partial charge is 0.351 e. The first-order chi connectivity index (χ1) is 22.5. The third kappa shape index (κ3) is 6.01. The van der Waals surface area contributed by atoms with E-state index in [1.807, 2.05) is 48.5 Å². The summed E-state index contributed by atoms with van der Waals surface area (Å²) >= 11 is 0. The lowest BCUT2D eigenvalue weighted by Gasteiger charge is -2.20. The zero-order chi connectivity index (χ0) is 33.3. The maximum Gasteiger partial charge on any atom is 0.416 e. The molecule has 0 saturated heterocycles. The van der Waals surface area contributed by atoms with Crippen molar-refractivity contribution in [1.82, 2.24) is 15.3 Å². The van der Waals surface area contributed by atoms with E-state index >= 15 is 0 Å². The Bertz CT molecular complexity index is 2280. The molecule has 6 rings (SSSR count). The molecule has 0 aliphatic rings. The van der Waals surface area contributed by atoms with Crippen LogP contribution in [0.1, 0.15) is 22.3 Å². The molecule has 0 bridgehead atoms. The van der Waals surface area contributed by atoms with Crippen LogP contribution in [-0.4, -0.2) is 37.9 Å². The fourth-order valence-electron chi connectivity index (χ4n) is 5.43. The van der Waals surface area contributed by atoms with E-state index in [9.17, 15) is 26.4 Å². The molecule has 12 heteroatoms. The second-order valence-corrected chi connectivity index (χ2v) is 12.7. The van der Waals surface area contributed by atoms with Crippen LogP contribution in [0.15, 0.2) is 108 Å². The number of aromatic amines is 1. The minimum Gasteiger partial charge on any atom is -0.351 e. The number of nitrogens with zero attached hydrogens (tertiary/aromatic N) is 3. The topological polar surface area (TPSA) is 119 Å². The molecule has 8 nitrogen and oxygen atoms in total. The van der Waals surface area contributed by atoms with Crippen LogP contribution in [0.5, 0.6) is 0 Å². The van der Waals surface area contributed by atoms with Gasteiger partial charge in [-0.1, -0.05) is 48.5 Å². The molecule has 4 aromatic carbocycles. The quantitative estimate of drug-likeness (QED) is 0.165. The van der Waals surface area contributed by atoms with Crippen molar-refractivity contribution in [2.75, 3.05) is 17.9 Å². The largest absolute Gasteiger partial charge is 0.416 e. The third-order valence-corrected chi connectivity index (χ3v) is 9.61. The predicted molar refractivity (Wildman–Crippen MR) is 174 cm³/mol. The van der Waals surface area contributed by atoms with Gasteiger partial charge in [-0.25, -0.2) is 13.4 Å². The van der Waals surface area contributed by atoms with Crippen molar-refractivity contribution in [2.45, 2.75) is 17.5 Å². The van der Waals surface area contributed by atoms with Gasteiger partial charge in [-0.2, -0.15) is 18.4 Å². The van der Waals surface area contributed by atoms with Crippen LogP contribution in [0.3, 0.4) is 0 Å². The number of H-pyrrole nitrogens is 1. The number of aromatic nitrogens is 2. The summed E-state index contributed by atoms with van der Waals surface area (Å²) in [5.74, 6) is -0.294.